The fourth-order valence-electron chi connectivity index (χ4n) is 3.86. The maximum Gasteiger partial charge on any atom is 0.414 e. The number of hydrogen-bond donors (Lipinski definition) is 2. The molecule has 1 aromatic carbocycles. The Bertz CT molecular complexity index is 686. The lowest BCUT2D eigenvalue weighted by Crippen LogP contribution is -2.30. The number of carboxylic acid groups (broad SMARTS) is 2. The Kier molecular flexibility index (Phi) is 10.4. The van der Waals surface area contributed by atoms with Gasteiger partial charge in [0.2, 0.25) is 5.91 Å². The number of fused-ring (bicyclic) bond motifs is 1. The van der Waals surface area contributed by atoms with Gasteiger partial charge in [-0.3, -0.25) is 4.79 Å². The van der Waals surface area contributed by atoms with Crippen LogP contribution >= 0.6 is 0 Å². The Hall–Kier alpha value is -2.41. The van der Waals surface area contributed by atoms with Crippen LogP contribution in [0.5, 0.6) is 0 Å². The molecule has 1 unspecified atom stereocenters. The van der Waals surface area contributed by atoms with Crippen molar-refractivity contribution in [3.05, 3.63) is 29.3 Å². The summed E-state index contributed by atoms with van der Waals surface area (Å²) in [6, 6.07) is 6.62. The van der Waals surface area contributed by atoms with E-state index in [1.165, 1.54) is 49.9 Å². The van der Waals surface area contributed by atoms with Crippen LogP contribution in [0.2, 0.25) is 0 Å². The second kappa shape index (κ2) is 12.2. The highest BCUT2D eigenvalue weighted by Crippen LogP contribution is 2.36. The molecule has 0 bridgehead atoms. The number of benzene rings is 1. The summed E-state index contributed by atoms with van der Waals surface area (Å²) in [5.74, 6) is -2.90. The number of rotatable bonds is 8. The normalized spacial score (nSPS) is 14.7. The Morgan fingerprint density at radius 3 is 2.07 bits per heavy atom. The Labute approximate surface area is 173 Å². The molecule has 1 aliphatic carbocycles. The summed E-state index contributed by atoms with van der Waals surface area (Å²) in [6.07, 6.45) is 4.86. The number of amides is 1. The summed E-state index contributed by atoms with van der Waals surface area (Å²) in [5.41, 5.74) is 4.01. The van der Waals surface area contributed by atoms with E-state index in [0.29, 0.717) is 5.92 Å². The standard InChI is InChI=1S/C20H32N2O.C2H2O4/c1-5-12-21(13-6-2)15-18-9-8-17-10-11-19(14-20(17)18)22(7-3)16(4)23;3-1(4)2(5)6/h10-11,14,18H,5-9,12-13,15H2,1-4H3;(H,3,4)(H,5,6). The summed E-state index contributed by atoms with van der Waals surface area (Å²) >= 11 is 0. The van der Waals surface area contributed by atoms with Gasteiger partial charge in [-0.1, -0.05) is 19.9 Å². The number of carboxylic acids is 2. The van der Waals surface area contributed by atoms with Crippen molar-refractivity contribution in [2.75, 3.05) is 31.1 Å². The molecule has 1 amide bonds. The average Bonchev–Trinajstić information content (AvgIpc) is 3.05. The second-order valence-corrected chi connectivity index (χ2v) is 7.29. The fraction of sp³-hybridized carbons (Fsp3) is 0.591. The average molecular weight is 407 g/mol. The van der Waals surface area contributed by atoms with Crippen LogP contribution < -0.4 is 4.90 Å². The first-order valence-corrected chi connectivity index (χ1v) is 10.3. The summed E-state index contributed by atoms with van der Waals surface area (Å²) in [7, 11) is 0. The van der Waals surface area contributed by atoms with Gasteiger partial charge in [-0.05, 0) is 74.9 Å². The van der Waals surface area contributed by atoms with Crippen LogP contribution in [0.4, 0.5) is 5.69 Å². The molecule has 0 radical (unpaired) electrons. The van der Waals surface area contributed by atoms with Crippen molar-refractivity contribution in [3.8, 4) is 0 Å². The molecule has 2 rings (SSSR count). The zero-order valence-electron chi connectivity index (χ0n) is 18.0. The number of carbonyl (C=O) groups excluding carboxylic acids is 1. The second-order valence-electron chi connectivity index (χ2n) is 7.29. The highest BCUT2D eigenvalue weighted by Gasteiger charge is 2.25. The van der Waals surface area contributed by atoms with E-state index in [1.807, 2.05) is 11.8 Å². The molecular formula is C22H34N2O5. The van der Waals surface area contributed by atoms with Gasteiger partial charge < -0.3 is 20.0 Å². The van der Waals surface area contributed by atoms with Crippen molar-refractivity contribution in [2.24, 2.45) is 0 Å². The third kappa shape index (κ3) is 7.49. The van der Waals surface area contributed by atoms with E-state index in [9.17, 15) is 4.79 Å². The fourth-order valence-corrected chi connectivity index (χ4v) is 3.86. The summed E-state index contributed by atoms with van der Waals surface area (Å²) < 4.78 is 0. The van der Waals surface area contributed by atoms with Gasteiger partial charge >= 0.3 is 11.9 Å². The molecule has 0 spiro atoms. The van der Waals surface area contributed by atoms with Gasteiger partial charge in [-0.15, -0.1) is 0 Å². The molecule has 2 N–H and O–H groups in total. The van der Waals surface area contributed by atoms with E-state index < -0.39 is 11.9 Å². The van der Waals surface area contributed by atoms with Crippen molar-refractivity contribution in [2.45, 2.75) is 59.3 Å². The van der Waals surface area contributed by atoms with Crippen molar-refractivity contribution < 1.29 is 24.6 Å². The molecule has 29 heavy (non-hydrogen) atoms. The quantitative estimate of drug-likeness (QED) is 0.643. The van der Waals surface area contributed by atoms with Crippen molar-refractivity contribution in [1.29, 1.82) is 0 Å². The van der Waals surface area contributed by atoms with Crippen LogP contribution in [0.25, 0.3) is 0 Å². The largest absolute Gasteiger partial charge is 0.473 e. The number of hydrogen-bond acceptors (Lipinski definition) is 4. The third-order valence-electron chi connectivity index (χ3n) is 5.08. The number of anilines is 1. The lowest BCUT2D eigenvalue weighted by atomic mass is 9.99. The first-order valence-electron chi connectivity index (χ1n) is 10.3. The molecule has 1 aromatic rings. The number of nitrogens with zero attached hydrogens (tertiary/aromatic N) is 2. The molecular weight excluding hydrogens is 372 g/mol. The van der Waals surface area contributed by atoms with E-state index >= 15 is 0 Å². The molecule has 162 valence electrons. The molecule has 0 fully saturated rings. The molecule has 0 saturated heterocycles. The minimum atomic E-state index is -1.82. The lowest BCUT2D eigenvalue weighted by Gasteiger charge is -2.26. The smallest absolute Gasteiger partial charge is 0.414 e. The predicted octanol–water partition coefficient (Wildman–Crippen LogP) is 3.37. The zero-order chi connectivity index (χ0) is 22.0. The number of carbonyl (C=O) groups is 3. The van der Waals surface area contributed by atoms with Crippen LogP contribution in [0.3, 0.4) is 0 Å². The third-order valence-corrected chi connectivity index (χ3v) is 5.08. The van der Waals surface area contributed by atoms with Crippen molar-refractivity contribution in [1.82, 2.24) is 4.90 Å². The van der Waals surface area contributed by atoms with Crippen LogP contribution in [-0.4, -0.2) is 59.1 Å². The molecule has 1 atom stereocenters. The van der Waals surface area contributed by atoms with E-state index in [-0.39, 0.29) is 5.91 Å². The molecule has 0 saturated carbocycles. The molecule has 0 aliphatic heterocycles. The van der Waals surface area contributed by atoms with Gasteiger partial charge in [-0.2, -0.15) is 0 Å². The Morgan fingerprint density at radius 2 is 1.62 bits per heavy atom. The summed E-state index contributed by atoms with van der Waals surface area (Å²) in [6.45, 7) is 12.5. The highest BCUT2D eigenvalue weighted by molar-refractivity contribution is 6.27. The van der Waals surface area contributed by atoms with Gasteiger partial charge in [0, 0.05) is 25.7 Å². The molecule has 7 heteroatoms. The summed E-state index contributed by atoms with van der Waals surface area (Å²) in [5, 5.41) is 14.8. The predicted molar refractivity (Wildman–Crippen MR) is 113 cm³/mol. The SMILES string of the molecule is CCCN(CCC)CC1CCc2ccc(N(CC)C(C)=O)cc21.O=C(O)C(=O)O. The van der Waals surface area contributed by atoms with E-state index in [2.05, 4.69) is 36.9 Å². The van der Waals surface area contributed by atoms with E-state index in [1.54, 1.807) is 6.92 Å². The van der Waals surface area contributed by atoms with Gasteiger partial charge in [0.15, 0.2) is 0 Å². The van der Waals surface area contributed by atoms with Gasteiger partial charge in [0.1, 0.15) is 0 Å². The van der Waals surface area contributed by atoms with E-state index in [4.69, 9.17) is 19.8 Å². The topological polar surface area (TPSA) is 98.2 Å². The van der Waals surface area contributed by atoms with Gasteiger partial charge in [-0.25, -0.2) is 9.59 Å². The maximum absolute atomic E-state index is 11.8. The lowest BCUT2D eigenvalue weighted by molar-refractivity contribution is -0.159. The van der Waals surface area contributed by atoms with Crippen molar-refractivity contribution in [3.63, 3.8) is 0 Å². The molecule has 7 nitrogen and oxygen atoms in total. The zero-order valence-corrected chi connectivity index (χ0v) is 18.0. The summed E-state index contributed by atoms with van der Waals surface area (Å²) in [4.78, 5) is 34.5. The van der Waals surface area contributed by atoms with Crippen LogP contribution in [0.15, 0.2) is 18.2 Å². The van der Waals surface area contributed by atoms with Crippen LogP contribution in [-0.2, 0) is 20.8 Å². The molecule has 0 aromatic heterocycles. The molecule has 1 aliphatic rings. The van der Waals surface area contributed by atoms with Crippen LogP contribution in [0.1, 0.15) is 64.0 Å². The monoisotopic (exact) mass is 406 g/mol. The van der Waals surface area contributed by atoms with Crippen molar-refractivity contribution >= 4 is 23.5 Å². The van der Waals surface area contributed by atoms with Crippen LogP contribution in [0, 0.1) is 0 Å². The minimum absolute atomic E-state index is 0.126. The number of aryl methyl sites for hydroxylation is 1. The van der Waals surface area contributed by atoms with Gasteiger partial charge in [0.25, 0.3) is 0 Å². The Balaban J connectivity index is 0.000000612. The van der Waals surface area contributed by atoms with Gasteiger partial charge in [0.05, 0.1) is 0 Å². The number of aliphatic carboxylic acids is 2. The first kappa shape index (κ1) is 24.6. The first-order chi connectivity index (χ1) is 13.7. The Morgan fingerprint density at radius 1 is 1.03 bits per heavy atom. The van der Waals surface area contributed by atoms with E-state index in [0.717, 1.165) is 18.8 Å². The minimum Gasteiger partial charge on any atom is -0.473 e. The highest BCUT2D eigenvalue weighted by atomic mass is 16.4. The maximum atomic E-state index is 11.8. The molecule has 0 heterocycles.